The van der Waals surface area contributed by atoms with E-state index < -0.39 is 0 Å². The summed E-state index contributed by atoms with van der Waals surface area (Å²) in [7, 11) is 0. The van der Waals surface area contributed by atoms with Gasteiger partial charge < -0.3 is 19.2 Å². The molecule has 0 atom stereocenters. The smallest absolute Gasteiger partial charge is 0.307 e. The molecular formula is C18H21NO5. The minimum Gasteiger partial charge on any atom is -0.489 e. The zero-order valence-electron chi connectivity index (χ0n) is 13.8. The first-order valence-corrected chi connectivity index (χ1v) is 7.78. The van der Waals surface area contributed by atoms with E-state index in [2.05, 4.69) is 5.32 Å². The lowest BCUT2D eigenvalue weighted by Gasteiger charge is -2.09. The third-order valence-corrected chi connectivity index (χ3v) is 3.07. The first-order chi connectivity index (χ1) is 11.6. The molecule has 0 spiro atoms. The molecule has 1 amide bonds. The van der Waals surface area contributed by atoms with E-state index in [0.29, 0.717) is 11.3 Å². The van der Waals surface area contributed by atoms with Gasteiger partial charge in [0.25, 0.3) is 5.91 Å². The Morgan fingerprint density at radius 1 is 1.17 bits per heavy atom. The van der Waals surface area contributed by atoms with Crippen LogP contribution in [0.2, 0.25) is 0 Å². The zero-order valence-corrected chi connectivity index (χ0v) is 13.8. The fourth-order valence-corrected chi connectivity index (χ4v) is 2.01. The summed E-state index contributed by atoms with van der Waals surface area (Å²) in [5.74, 6) is 0.158. The van der Waals surface area contributed by atoms with E-state index in [0.717, 1.165) is 0 Å². The highest BCUT2D eigenvalue weighted by molar-refractivity contribution is 5.93. The van der Waals surface area contributed by atoms with Crippen molar-refractivity contribution in [3.8, 4) is 5.75 Å². The number of hydrogen-bond acceptors (Lipinski definition) is 5. The van der Waals surface area contributed by atoms with Crippen LogP contribution in [0, 0.1) is 0 Å². The number of esters is 1. The monoisotopic (exact) mass is 331 g/mol. The zero-order chi connectivity index (χ0) is 17.4. The van der Waals surface area contributed by atoms with Crippen molar-refractivity contribution in [2.45, 2.75) is 33.0 Å². The Bertz CT molecular complexity index is 663. The van der Waals surface area contributed by atoms with Crippen LogP contribution in [-0.2, 0) is 16.1 Å². The third kappa shape index (κ3) is 5.46. The van der Waals surface area contributed by atoms with Gasteiger partial charge >= 0.3 is 5.97 Å². The molecule has 6 nitrogen and oxygen atoms in total. The van der Waals surface area contributed by atoms with Crippen LogP contribution >= 0.6 is 0 Å². The van der Waals surface area contributed by atoms with Gasteiger partial charge in [-0.1, -0.05) is 18.2 Å². The summed E-state index contributed by atoms with van der Waals surface area (Å²) in [5.41, 5.74) is 0.640. The number of furan rings is 1. The fraction of sp³-hybridized carbons (Fsp3) is 0.333. The van der Waals surface area contributed by atoms with Crippen molar-refractivity contribution in [2.24, 2.45) is 0 Å². The predicted molar refractivity (Wildman–Crippen MR) is 87.7 cm³/mol. The van der Waals surface area contributed by atoms with Gasteiger partial charge in [-0.3, -0.25) is 9.59 Å². The van der Waals surface area contributed by atoms with Crippen molar-refractivity contribution < 1.29 is 23.5 Å². The second-order valence-corrected chi connectivity index (χ2v) is 5.42. The third-order valence-electron chi connectivity index (χ3n) is 3.07. The molecule has 0 saturated heterocycles. The van der Waals surface area contributed by atoms with Gasteiger partial charge in [0.1, 0.15) is 12.4 Å². The first kappa shape index (κ1) is 17.6. The van der Waals surface area contributed by atoms with Gasteiger partial charge in [-0.2, -0.15) is 0 Å². The Balaban J connectivity index is 1.83. The molecule has 0 saturated carbocycles. The molecule has 128 valence electrons. The highest BCUT2D eigenvalue weighted by atomic mass is 16.5. The predicted octanol–water partition coefficient (Wildman–Crippen LogP) is 2.93. The van der Waals surface area contributed by atoms with Crippen molar-refractivity contribution in [1.82, 2.24) is 5.32 Å². The lowest BCUT2D eigenvalue weighted by Crippen LogP contribution is -2.27. The minimum absolute atomic E-state index is 0.112. The van der Waals surface area contributed by atoms with E-state index in [1.54, 1.807) is 19.9 Å². The molecule has 1 aromatic heterocycles. The molecule has 0 aliphatic rings. The average molecular weight is 331 g/mol. The summed E-state index contributed by atoms with van der Waals surface area (Å²) >= 11 is 0. The Morgan fingerprint density at radius 3 is 2.62 bits per heavy atom. The van der Waals surface area contributed by atoms with Gasteiger partial charge in [0.05, 0.1) is 18.8 Å². The van der Waals surface area contributed by atoms with Crippen LogP contribution in [0.15, 0.2) is 47.1 Å². The molecule has 1 N–H and O–H groups in total. The molecule has 1 heterocycles. The van der Waals surface area contributed by atoms with Crippen LogP contribution in [0.25, 0.3) is 0 Å². The summed E-state index contributed by atoms with van der Waals surface area (Å²) in [6.07, 6.45) is 1.38. The molecule has 0 aliphatic carbocycles. The molecule has 6 heteroatoms. The number of carbonyl (C=O) groups excluding carboxylic acids is 2. The van der Waals surface area contributed by atoms with Crippen LogP contribution in [0.4, 0.5) is 0 Å². The van der Waals surface area contributed by atoms with Crippen molar-refractivity contribution >= 4 is 11.9 Å². The van der Waals surface area contributed by atoms with Crippen molar-refractivity contribution in [2.75, 3.05) is 6.54 Å². The highest BCUT2D eigenvalue weighted by Crippen LogP contribution is 2.15. The molecule has 0 unspecified atom stereocenters. The van der Waals surface area contributed by atoms with Crippen molar-refractivity contribution in [3.63, 3.8) is 0 Å². The summed E-state index contributed by atoms with van der Waals surface area (Å²) < 4.78 is 15.8. The second kappa shape index (κ2) is 8.76. The van der Waals surface area contributed by atoms with E-state index in [1.807, 2.05) is 30.3 Å². The quantitative estimate of drug-likeness (QED) is 0.753. The molecule has 1 aromatic carbocycles. The maximum absolute atomic E-state index is 12.1. The number of nitrogens with one attached hydrogen (secondary N) is 1. The van der Waals surface area contributed by atoms with Crippen molar-refractivity contribution in [3.05, 3.63) is 54.0 Å². The largest absolute Gasteiger partial charge is 0.489 e. The number of hydrogen-bond donors (Lipinski definition) is 1. The average Bonchev–Trinajstić information content (AvgIpc) is 3.01. The normalized spacial score (nSPS) is 10.5. The summed E-state index contributed by atoms with van der Waals surface area (Å²) in [5, 5.41) is 2.64. The summed E-state index contributed by atoms with van der Waals surface area (Å²) in [4.78, 5) is 23.6. The SMILES string of the molecule is CC(C)OC(=O)CCNC(=O)c1occc1COc1ccccc1. The number of carbonyl (C=O) groups is 2. The van der Waals surface area contributed by atoms with Gasteiger partial charge in [0.2, 0.25) is 0 Å². The number of benzene rings is 1. The van der Waals surface area contributed by atoms with Crippen LogP contribution < -0.4 is 10.1 Å². The molecule has 0 fully saturated rings. The van der Waals surface area contributed by atoms with E-state index in [9.17, 15) is 9.59 Å². The molecule has 24 heavy (non-hydrogen) atoms. The molecule has 0 bridgehead atoms. The number of rotatable bonds is 8. The van der Waals surface area contributed by atoms with Crippen LogP contribution in [0.3, 0.4) is 0 Å². The van der Waals surface area contributed by atoms with Crippen LogP contribution in [0.1, 0.15) is 36.4 Å². The Hall–Kier alpha value is -2.76. The molecule has 2 aromatic rings. The molecular weight excluding hydrogens is 310 g/mol. The van der Waals surface area contributed by atoms with Gasteiger partial charge in [-0.25, -0.2) is 0 Å². The van der Waals surface area contributed by atoms with Gasteiger partial charge in [0.15, 0.2) is 5.76 Å². The highest BCUT2D eigenvalue weighted by Gasteiger charge is 2.16. The van der Waals surface area contributed by atoms with Gasteiger partial charge in [0, 0.05) is 12.1 Å². The van der Waals surface area contributed by atoms with E-state index in [4.69, 9.17) is 13.9 Å². The molecule has 0 radical (unpaired) electrons. The number of ether oxygens (including phenoxy) is 2. The summed E-state index contributed by atoms with van der Waals surface area (Å²) in [6, 6.07) is 11.0. The number of amides is 1. The fourth-order valence-electron chi connectivity index (χ4n) is 2.01. The van der Waals surface area contributed by atoms with Crippen LogP contribution in [0.5, 0.6) is 5.75 Å². The topological polar surface area (TPSA) is 77.8 Å². The van der Waals surface area contributed by atoms with E-state index >= 15 is 0 Å². The van der Waals surface area contributed by atoms with Crippen LogP contribution in [-0.4, -0.2) is 24.5 Å². The van der Waals surface area contributed by atoms with Gasteiger partial charge in [-0.05, 0) is 32.0 Å². The minimum atomic E-state index is -0.385. The maximum Gasteiger partial charge on any atom is 0.307 e. The standard InChI is InChI=1S/C18H21NO5/c1-13(2)24-16(20)8-10-19-18(21)17-14(9-11-22-17)12-23-15-6-4-3-5-7-15/h3-7,9,11,13H,8,10,12H2,1-2H3,(H,19,21). The van der Waals surface area contributed by atoms with Crippen molar-refractivity contribution in [1.29, 1.82) is 0 Å². The lowest BCUT2D eigenvalue weighted by molar-refractivity contribution is -0.147. The first-order valence-electron chi connectivity index (χ1n) is 7.78. The van der Waals surface area contributed by atoms with Gasteiger partial charge in [-0.15, -0.1) is 0 Å². The maximum atomic E-state index is 12.1. The molecule has 0 aliphatic heterocycles. The number of para-hydroxylation sites is 1. The van der Waals surface area contributed by atoms with E-state index in [1.165, 1.54) is 6.26 Å². The second-order valence-electron chi connectivity index (χ2n) is 5.42. The lowest BCUT2D eigenvalue weighted by atomic mass is 10.2. The Labute approximate surface area is 140 Å². The summed E-state index contributed by atoms with van der Waals surface area (Å²) in [6.45, 7) is 3.96. The van der Waals surface area contributed by atoms with E-state index in [-0.39, 0.29) is 43.3 Å². The Morgan fingerprint density at radius 2 is 1.92 bits per heavy atom. The molecule has 2 rings (SSSR count). The Kier molecular flexibility index (Phi) is 6.42.